The first-order valence-electron chi connectivity index (χ1n) is 4.40. The van der Waals surface area contributed by atoms with Crippen LogP contribution in [0, 0.1) is 0 Å². The van der Waals surface area contributed by atoms with Crippen molar-refractivity contribution in [3.8, 4) is 5.75 Å². The van der Waals surface area contributed by atoms with Crippen LogP contribution in [0.25, 0.3) is 6.08 Å². The van der Waals surface area contributed by atoms with E-state index >= 15 is 0 Å². The molecule has 0 aliphatic rings. The van der Waals surface area contributed by atoms with Crippen molar-refractivity contribution < 1.29 is 8.95 Å². The number of thioether (sulfide) groups is 1. The van der Waals surface area contributed by atoms with Crippen molar-refractivity contribution in [2.45, 2.75) is 0 Å². The van der Waals surface area contributed by atoms with E-state index in [0.29, 0.717) is 0 Å². The van der Waals surface area contributed by atoms with Crippen molar-refractivity contribution in [1.82, 2.24) is 0 Å². The van der Waals surface area contributed by atoms with Gasteiger partial charge in [-0.1, -0.05) is 12.1 Å². The molecule has 2 nitrogen and oxygen atoms in total. The molecule has 0 bridgehead atoms. The summed E-state index contributed by atoms with van der Waals surface area (Å²) in [6.45, 7) is 0. The maximum Gasteiger partial charge on any atom is 0.118 e. The highest BCUT2D eigenvalue weighted by Crippen LogP contribution is 2.20. The zero-order valence-corrected chi connectivity index (χ0v) is 10.7. The quantitative estimate of drug-likeness (QED) is 0.812. The molecule has 0 heterocycles. The fourth-order valence-electron chi connectivity index (χ4n) is 1.10. The molecule has 15 heavy (non-hydrogen) atoms. The first-order valence-corrected chi connectivity index (χ1v) is 7.19. The molecular formula is C11H14O2S2. The van der Waals surface area contributed by atoms with Gasteiger partial charge in [0.05, 0.1) is 22.1 Å². The van der Waals surface area contributed by atoms with Crippen LogP contribution in [0.5, 0.6) is 5.75 Å². The predicted molar refractivity (Wildman–Crippen MR) is 68.6 cm³/mol. The Morgan fingerprint density at radius 3 is 2.40 bits per heavy atom. The Hall–Kier alpha value is -0.740. The maximum absolute atomic E-state index is 11.3. The van der Waals surface area contributed by atoms with E-state index in [1.807, 2.05) is 36.6 Å². The predicted octanol–water partition coefficient (Wildman–Crippen LogP) is 2.74. The number of hydrogen-bond donors (Lipinski definition) is 0. The summed E-state index contributed by atoms with van der Waals surface area (Å²) in [5, 5.41) is 0. The molecule has 0 N–H and O–H groups in total. The van der Waals surface area contributed by atoms with Crippen LogP contribution >= 0.6 is 11.8 Å². The van der Waals surface area contributed by atoms with Crippen LogP contribution in [-0.4, -0.2) is 23.8 Å². The van der Waals surface area contributed by atoms with Gasteiger partial charge in [0.2, 0.25) is 0 Å². The molecule has 0 saturated heterocycles. The van der Waals surface area contributed by atoms with E-state index in [1.165, 1.54) is 11.8 Å². The maximum atomic E-state index is 11.3. The van der Waals surface area contributed by atoms with E-state index in [-0.39, 0.29) is 0 Å². The van der Waals surface area contributed by atoms with Gasteiger partial charge >= 0.3 is 0 Å². The summed E-state index contributed by atoms with van der Waals surface area (Å²) in [6, 6.07) is 7.68. The standard InChI is InChI=1S/C11H14O2S2/c1-13-10-6-4-9(5-7-10)8-11(14-2)15(3)12/h4-8H,1-3H3/b11-8-. The minimum atomic E-state index is -0.918. The third kappa shape index (κ3) is 3.72. The highest BCUT2D eigenvalue weighted by atomic mass is 32.2. The second kappa shape index (κ2) is 5.98. The van der Waals surface area contributed by atoms with Crippen LogP contribution in [0.3, 0.4) is 0 Å². The molecule has 1 unspecified atom stereocenters. The fourth-order valence-corrected chi connectivity index (χ4v) is 2.59. The highest BCUT2D eigenvalue weighted by Gasteiger charge is 2.00. The smallest absolute Gasteiger partial charge is 0.118 e. The Labute approximate surface area is 97.2 Å². The Balaban J connectivity index is 2.92. The van der Waals surface area contributed by atoms with Crippen molar-refractivity contribution >= 4 is 28.6 Å². The molecule has 1 aromatic rings. The Kier molecular flexibility index (Phi) is 4.91. The minimum Gasteiger partial charge on any atom is -0.497 e. The van der Waals surface area contributed by atoms with Crippen LogP contribution in [-0.2, 0) is 10.8 Å². The average Bonchev–Trinajstić information content (AvgIpc) is 2.26. The van der Waals surface area contributed by atoms with E-state index in [4.69, 9.17) is 4.74 Å². The van der Waals surface area contributed by atoms with E-state index in [0.717, 1.165) is 15.6 Å². The Bertz CT molecular complexity index is 369. The first-order chi connectivity index (χ1) is 7.17. The van der Waals surface area contributed by atoms with Crippen molar-refractivity contribution in [1.29, 1.82) is 0 Å². The molecule has 0 aromatic heterocycles. The summed E-state index contributed by atoms with van der Waals surface area (Å²) in [5.41, 5.74) is 1.04. The zero-order chi connectivity index (χ0) is 11.3. The molecule has 0 aliphatic heterocycles. The molecular weight excluding hydrogens is 228 g/mol. The zero-order valence-electron chi connectivity index (χ0n) is 9.02. The normalized spacial score (nSPS) is 13.7. The lowest BCUT2D eigenvalue weighted by atomic mass is 10.2. The average molecular weight is 242 g/mol. The Morgan fingerprint density at radius 2 is 2.00 bits per heavy atom. The summed E-state index contributed by atoms with van der Waals surface area (Å²) in [6.07, 6.45) is 5.54. The lowest BCUT2D eigenvalue weighted by Gasteiger charge is -2.01. The number of rotatable bonds is 4. The Morgan fingerprint density at radius 1 is 1.40 bits per heavy atom. The fraction of sp³-hybridized carbons (Fsp3) is 0.273. The number of ether oxygens (including phenoxy) is 1. The summed E-state index contributed by atoms with van der Waals surface area (Å²) in [4.78, 5) is 0. The van der Waals surface area contributed by atoms with Gasteiger partial charge in [0.25, 0.3) is 0 Å². The second-order valence-corrected chi connectivity index (χ2v) is 5.35. The first kappa shape index (κ1) is 12.3. The summed E-state index contributed by atoms with van der Waals surface area (Å²) >= 11 is 1.51. The molecule has 0 radical (unpaired) electrons. The van der Waals surface area contributed by atoms with Crippen LogP contribution < -0.4 is 4.74 Å². The molecule has 4 heteroatoms. The third-order valence-electron chi connectivity index (χ3n) is 1.88. The second-order valence-electron chi connectivity index (χ2n) is 2.89. The van der Waals surface area contributed by atoms with Gasteiger partial charge in [-0.25, -0.2) is 0 Å². The van der Waals surface area contributed by atoms with Crippen LogP contribution in [0.2, 0.25) is 0 Å². The van der Waals surface area contributed by atoms with Gasteiger partial charge in [0.15, 0.2) is 0 Å². The van der Waals surface area contributed by atoms with Gasteiger partial charge in [0, 0.05) is 6.26 Å². The van der Waals surface area contributed by atoms with Gasteiger partial charge < -0.3 is 4.74 Å². The monoisotopic (exact) mass is 242 g/mol. The van der Waals surface area contributed by atoms with Crippen molar-refractivity contribution in [2.75, 3.05) is 19.6 Å². The topological polar surface area (TPSA) is 26.3 Å². The third-order valence-corrected chi connectivity index (χ3v) is 4.29. The molecule has 1 atom stereocenters. The number of hydrogen-bond acceptors (Lipinski definition) is 3. The molecule has 1 rings (SSSR count). The van der Waals surface area contributed by atoms with E-state index in [9.17, 15) is 4.21 Å². The van der Waals surface area contributed by atoms with Crippen LogP contribution in [0.1, 0.15) is 5.56 Å². The van der Waals surface area contributed by atoms with E-state index in [1.54, 1.807) is 13.4 Å². The molecule has 0 amide bonds. The minimum absolute atomic E-state index is 0.829. The van der Waals surface area contributed by atoms with E-state index in [2.05, 4.69) is 0 Å². The molecule has 0 aliphatic carbocycles. The van der Waals surface area contributed by atoms with Gasteiger partial charge in [-0.2, -0.15) is 0 Å². The van der Waals surface area contributed by atoms with Gasteiger partial charge in [-0.05, 0) is 30.0 Å². The molecule has 82 valence electrons. The van der Waals surface area contributed by atoms with Crippen molar-refractivity contribution in [3.63, 3.8) is 0 Å². The lowest BCUT2D eigenvalue weighted by Crippen LogP contribution is -1.87. The summed E-state index contributed by atoms with van der Waals surface area (Å²) in [7, 11) is 0.720. The number of methoxy groups -OCH3 is 1. The van der Waals surface area contributed by atoms with Gasteiger partial charge in [0.1, 0.15) is 5.75 Å². The van der Waals surface area contributed by atoms with Crippen LogP contribution in [0.4, 0.5) is 0 Å². The summed E-state index contributed by atoms with van der Waals surface area (Å²) < 4.78 is 17.2. The molecule has 1 aromatic carbocycles. The highest BCUT2D eigenvalue weighted by molar-refractivity contribution is 8.16. The largest absolute Gasteiger partial charge is 0.497 e. The van der Waals surface area contributed by atoms with Crippen molar-refractivity contribution in [3.05, 3.63) is 34.1 Å². The SMILES string of the molecule is COc1ccc(/C=C(/SC)S(C)=O)cc1. The van der Waals surface area contributed by atoms with Gasteiger partial charge in [-0.3, -0.25) is 4.21 Å². The van der Waals surface area contributed by atoms with E-state index < -0.39 is 10.8 Å². The molecule has 0 spiro atoms. The van der Waals surface area contributed by atoms with Gasteiger partial charge in [-0.15, -0.1) is 11.8 Å². The molecule has 0 fully saturated rings. The molecule has 0 saturated carbocycles. The van der Waals surface area contributed by atoms with Crippen molar-refractivity contribution in [2.24, 2.45) is 0 Å². The van der Waals surface area contributed by atoms with Crippen LogP contribution in [0.15, 0.2) is 28.5 Å². The summed E-state index contributed by atoms with van der Waals surface area (Å²) in [5.74, 6) is 0.829. The number of benzene rings is 1. The lowest BCUT2D eigenvalue weighted by molar-refractivity contribution is 0.415.